The number of likely N-dealkylation sites (tertiary alicyclic amines) is 1. The molecule has 3 heterocycles. The normalized spacial score (nSPS) is 27.7. The highest BCUT2D eigenvalue weighted by atomic mass is 32.2. The number of hydrogen-bond donors (Lipinski definition) is 1. The van der Waals surface area contributed by atoms with Crippen molar-refractivity contribution in [3.63, 3.8) is 0 Å². The van der Waals surface area contributed by atoms with Crippen LogP contribution in [0.5, 0.6) is 0 Å². The summed E-state index contributed by atoms with van der Waals surface area (Å²) in [6, 6.07) is 0.133. The maximum absolute atomic E-state index is 12.3. The van der Waals surface area contributed by atoms with Gasteiger partial charge in [0.05, 0.1) is 6.20 Å². The molecule has 0 amide bonds. The zero-order valence-corrected chi connectivity index (χ0v) is 15.0. The Morgan fingerprint density at radius 3 is 3.04 bits per heavy atom. The molecule has 0 radical (unpaired) electrons. The van der Waals surface area contributed by atoms with E-state index in [1.807, 2.05) is 11.8 Å². The standard InChI is InChI=1S/C17H26N4O2S/c1-2-24-11-10-20-8-3-5-17(16(22)23)13-21(9-4-14(17)20)15-12-18-6-7-19-15/h6-7,12,14H,2-5,8-11,13H2,1H3,(H,22,23)/t14-,17+/m1/s1. The maximum Gasteiger partial charge on any atom is 0.313 e. The number of thioether (sulfide) groups is 1. The molecule has 24 heavy (non-hydrogen) atoms. The lowest BCUT2D eigenvalue weighted by atomic mass is 9.69. The molecule has 3 rings (SSSR count). The van der Waals surface area contributed by atoms with Crippen LogP contribution >= 0.6 is 11.8 Å². The smallest absolute Gasteiger partial charge is 0.313 e. The summed E-state index contributed by atoms with van der Waals surface area (Å²) in [7, 11) is 0. The molecule has 2 fully saturated rings. The molecular formula is C17H26N4O2S. The number of fused-ring (bicyclic) bond motifs is 1. The molecule has 1 N–H and O–H groups in total. The molecule has 0 saturated carbocycles. The van der Waals surface area contributed by atoms with Gasteiger partial charge >= 0.3 is 5.97 Å². The lowest BCUT2D eigenvalue weighted by molar-refractivity contribution is -0.158. The average molecular weight is 350 g/mol. The fraction of sp³-hybridized carbons (Fsp3) is 0.706. The van der Waals surface area contributed by atoms with Crippen LogP contribution in [0.3, 0.4) is 0 Å². The van der Waals surface area contributed by atoms with Crippen molar-refractivity contribution in [3.8, 4) is 0 Å². The number of carboxylic acids is 1. The van der Waals surface area contributed by atoms with E-state index in [-0.39, 0.29) is 6.04 Å². The zero-order valence-electron chi connectivity index (χ0n) is 14.2. The molecule has 0 aliphatic carbocycles. The molecule has 0 bridgehead atoms. The molecule has 0 spiro atoms. The van der Waals surface area contributed by atoms with Gasteiger partial charge in [0.25, 0.3) is 0 Å². The van der Waals surface area contributed by atoms with Gasteiger partial charge < -0.3 is 10.0 Å². The molecule has 0 aromatic carbocycles. The van der Waals surface area contributed by atoms with Gasteiger partial charge in [-0.15, -0.1) is 0 Å². The molecule has 1 aromatic rings. The van der Waals surface area contributed by atoms with Gasteiger partial charge in [-0.05, 0) is 31.6 Å². The summed E-state index contributed by atoms with van der Waals surface area (Å²) in [6.07, 6.45) is 7.63. The van der Waals surface area contributed by atoms with Crippen LogP contribution in [0.2, 0.25) is 0 Å². The topological polar surface area (TPSA) is 69.6 Å². The van der Waals surface area contributed by atoms with Crippen LogP contribution in [-0.4, -0.2) is 69.7 Å². The van der Waals surface area contributed by atoms with Gasteiger partial charge in [-0.1, -0.05) is 6.92 Å². The molecule has 2 saturated heterocycles. The van der Waals surface area contributed by atoms with E-state index >= 15 is 0 Å². The minimum Gasteiger partial charge on any atom is -0.481 e. The lowest BCUT2D eigenvalue weighted by Crippen LogP contribution is -2.64. The Bertz CT molecular complexity index is 559. The first-order valence-electron chi connectivity index (χ1n) is 8.73. The van der Waals surface area contributed by atoms with Crippen molar-refractivity contribution in [2.75, 3.05) is 42.6 Å². The van der Waals surface area contributed by atoms with Crippen molar-refractivity contribution < 1.29 is 9.90 Å². The lowest BCUT2D eigenvalue weighted by Gasteiger charge is -2.53. The maximum atomic E-state index is 12.3. The van der Waals surface area contributed by atoms with Gasteiger partial charge in [0.2, 0.25) is 0 Å². The van der Waals surface area contributed by atoms with Gasteiger partial charge in [0.15, 0.2) is 0 Å². The molecule has 1 aromatic heterocycles. The first kappa shape index (κ1) is 17.5. The number of aromatic nitrogens is 2. The fourth-order valence-corrected chi connectivity index (χ4v) is 4.82. The summed E-state index contributed by atoms with van der Waals surface area (Å²) in [5.41, 5.74) is -0.690. The highest BCUT2D eigenvalue weighted by molar-refractivity contribution is 7.99. The summed E-state index contributed by atoms with van der Waals surface area (Å²) in [6.45, 7) is 5.55. The van der Waals surface area contributed by atoms with E-state index in [9.17, 15) is 9.90 Å². The number of carbonyl (C=O) groups is 1. The minimum absolute atomic E-state index is 0.133. The van der Waals surface area contributed by atoms with Crippen LogP contribution < -0.4 is 4.90 Å². The number of piperidine rings is 2. The predicted octanol–water partition coefficient (Wildman–Crippen LogP) is 1.98. The Hall–Kier alpha value is -1.34. The number of aliphatic carboxylic acids is 1. The van der Waals surface area contributed by atoms with Crippen molar-refractivity contribution in [1.82, 2.24) is 14.9 Å². The summed E-state index contributed by atoms with van der Waals surface area (Å²) in [5, 5.41) is 10.1. The average Bonchev–Trinajstić information content (AvgIpc) is 2.62. The zero-order chi connectivity index (χ0) is 17.0. The Kier molecular flexibility index (Phi) is 5.61. The van der Waals surface area contributed by atoms with Gasteiger partial charge in [0.1, 0.15) is 11.2 Å². The molecule has 6 nitrogen and oxygen atoms in total. The van der Waals surface area contributed by atoms with Crippen molar-refractivity contribution in [3.05, 3.63) is 18.6 Å². The van der Waals surface area contributed by atoms with E-state index in [2.05, 4.69) is 26.7 Å². The molecule has 2 aliphatic heterocycles. The third-order valence-electron chi connectivity index (χ3n) is 5.32. The quantitative estimate of drug-likeness (QED) is 0.787. The summed E-state index contributed by atoms with van der Waals surface area (Å²) in [5.74, 6) is 2.32. The van der Waals surface area contributed by atoms with Crippen LogP contribution in [0.25, 0.3) is 0 Å². The number of hydrogen-bond acceptors (Lipinski definition) is 6. The third-order valence-corrected chi connectivity index (χ3v) is 6.20. The number of rotatable bonds is 6. The van der Waals surface area contributed by atoms with Crippen LogP contribution in [0, 0.1) is 5.41 Å². The molecule has 0 unspecified atom stereocenters. The number of nitrogens with zero attached hydrogens (tertiary/aromatic N) is 4. The Labute approximate surface area is 147 Å². The molecule has 2 aliphatic rings. The van der Waals surface area contributed by atoms with E-state index in [0.717, 1.165) is 56.2 Å². The fourth-order valence-electron chi connectivity index (χ4n) is 4.17. The Morgan fingerprint density at radius 2 is 2.33 bits per heavy atom. The van der Waals surface area contributed by atoms with Crippen LogP contribution in [-0.2, 0) is 4.79 Å². The van der Waals surface area contributed by atoms with E-state index in [1.54, 1.807) is 18.6 Å². The van der Waals surface area contributed by atoms with E-state index in [4.69, 9.17) is 0 Å². The van der Waals surface area contributed by atoms with Crippen LogP contribution in [0.1, 0.15) is 26.2 Å². The van der Waals surface area contributed by atoms with Crippen molar-refractivity contribution in [2.45, 2.75) is 32.2 Å². The van der Waals surface area contributed by atoms with Gasteiger partial charge in [-0.25, -0.2) is 4.98 Å². The largest absolute Gasteiger partial charge is 0.481 e. The van der Waals surface area contributed by atoms with E-state index in [1.165, 1.54) is 0 Å². The first-order valence-corrected chi connectivity index (χ1v) is 9.89. The molecule has 7 heteroatoms. The number of carboxylic acid groups (broad SMARTS) is 1. The Balaban J connectivity index is 1.79. The Morgan fingerprint density at radius 1 is 1.46 bits per heavy atom. The van der Waals surface area contributed by atoms with E-state index < -0.39 is 11.4 Å². The summed E-state index contributed by atoms with van der Waals surface area (Å²) in [4.78, 5) is 25.3. The monoisotopic (exact) mass is 350 g/mol. The third kappa shape index (κ3) is 3.37. The highest BCUT2D eigenvalue weighted by Gasteiger charge is 2.53. The van der Waals surface area contributed by atoms with Crippen LogP contribution in [0.15, 0.2) is 18.6 Å². The van der Waals surface area contributed by atoms with Gasteiger partial charge in [0, 0.05) is 43.8 Å². The van der Waals surface area contributed by atoms with Gasteiger partial charge in [-0.3, -0.25) is 14.7 Å². The minimum atomic E-state index is -0.690. The predicted molar refractivity (Wildman–Crippen MR) is 96.5 cm³/mol. The van der Waals surface area contributed by atoms with Crippen LogP contribution in [0.4, 0.5) is 5.82 Å². The summed E-state index contributed by atoms with van der Waals surface area (Å²) >= 11 is 1.93. The van der Waals surface area contributed by atoms with Crippen molar-refractivity contribution >= 4 is 23.5 Å². The SMILES string of the molecule is CCSCCN1CCC[C@]2(C(=O)O)CN(c3cnccn3)CC[C@@H]12. The van der Waals surface area contributed by atoms with Crippen molar-refractivity contribution in [1.29, 1.82) is 0 Å². The second-order valence-corrected chi connectivity index (χ2v) is 7.98. The second-order valence-electron chi connectivity index (χ2n) is 6.59. The first-order chi connectivity index (χ1) is 11.7. The molecule has 132 valence electrons. The number of anilines is 1. The van der Waals surface area contributed by atoms with Crippen molar-refractivity contribution in [2.24, 2.45) is 5.41 Å². The van der Waals surface area contributed by atoms with E-state index in [0.29, 0.717) is 6.54 Å². The highest BCUT2D eigenvalue weighted by Crippen LogP contribution is 2.42. The van der Waals surface area contributed by atoms with Gasteiger partial charge in [-0.2, -0.15) is 11.8 Å². The molecular weight excluding hydrogens is 324 g/mol. The molecule has 2 atom stereocenters. The summed E-state index contributed by atoms with van der Waals surface area (Å²) < 4.78 is 0. The second kappa shape index (κ2) is 7.70.